The fraction of sp³-hybridized carbons (Fsp3) is 0.150. The molecule has 3 nitrogen and oxygen atoms in total. The summed E-state index contributed by atoms with van der Waals surface area (Å²) in [5, 5.41) is 1.42. The van der Waals surface area contributed by atoms with Gasteiger partial charge in [0.2, 0.25) is 0 Å². The molecule has 1 aromatic heterocycles. The second-order valence-electron chi connectivity index (χ2n) is 5.40. The van der Waals surface area contributed by atoms with E-state index in [2.05, 4.69) is 0 Å². The molecule has 0 spiro atoms. The van der Waals surface area contributed by atoms with Gasteiger partial charge >= 0.3 is 0 Å². The molecule has 2 aromatic carbocycles. The Morgan fingerprint density at radius 3 is 2.62 bits per heavy atom. The summed E-state index contributed by atoms with van der Waals surface area (Å²) in [6.45, 7) is 1.95. The molecule has 1 heterocycles. The number of furan rings is 1. The van der Waals surface area contributed by atoms with Crippen LogP contribution in [-0.2, 0) is 0 Å². The molecule has 3 rings (SSSR count). The second kappa shape index (κ2) is 6.97. The van der Waals surface area contributed by atoms with Crippen molar-refractivity contribution in [3.63, 3.8) is 0 Å². The minimum atomic E-state index is -0.0744. The SMILES string of the molecule is COc1cc(C)c2oc(SC)c(C(=O)/C=C/c3ccccc3)c2c1. The molecule has 4 heteroatoms. The average molecular weight is 338 g/mol. The molecule has 0 aliphatic rings. The first-order chi connectivity index (χ1) is 11.6. The van der Waals surface area contributed by atoms with Crippen LogP contribution in [0.2, 0.25) is 0 Å². The van der Waals surface area contributed by atoms with Gasteiger partial charge in [0.25, 0.3) is 0 Å². The standard InChI is InChI=1S/C20H18O3S/c1-13-11-15(22-2)12-16-18(20(24-3)23-19(13)16)17(21)10-9-14-7-5-4-6-8-14/h4-12H,1-3H3/b10-9+. The number of rotatable bonds is 5. The fourth-order valence-electron chi connectivity index (χ4n) is 2.63. The van der Waals surface area contributed by atoms with Gasteiger partial charge in [0.15, 0.2) is 10.9 Å². The zero-order chi connectivity index (χ0) is 17.1. The van der Waals surface area contributed by atoms with Crippen molar-refractivity contribution in [2.45, 2.75) is 12.0 Å². The number of ether oxygens (including phenoxy) is 1. The Hall–Kier alpha value is -2.46. The minimum absolute atomic E-state index is 0.0744. The third-order valence-corrected chi connectivity index (χ3v) is 4.47. The molecule has 0 saturated heterocycles. The van der Waals surface area contributed by atoms with Crippen LogP contribution in [0.3, 0.4) is 0 Å². The molecule has 0 fully saturated rings. The van der Waals surface area contributed by atoms with Crippen LogP contribution in [0.25, 0.3) is 17.0 Å². The van der Waals surface area contributed by atoms with Crippen LogP contribution in [0, 0.1) is 6.92 Å². The molecule has 0 aliphatic carbocycles. The Balaban J connectivity index is 2.08. The van der Waals surface area contributed by atoms with E-state index in [0.717, 1.165) is 27.8 Å². The van der Waals surface area contributed by atoms with Gasteiger partial charge in [0.1, 0.15) is 11.3 Å². The molecule has 0 saturated carbocycles. The van der Waals surface area contributed by atoms with Gasteiger partial charge < -0.3 is 9.15 Å². The van der Waals surface area contributed by atoms with Crippen molar-refractivity contribution in [1.29, 1.82) is 0 Å². The van der Waals surface area contributed by atoms with Crippen LogP contribution in [0.1, 0.15) is 21.5 Å². The summed E-state index contributed by atoms with van der Waals surface area (Å²) in [7, 11) is 1.62. The molecule has 24 heavy (non-hydrogen) atoms. The molecular weight excluding hydrogens is 320 g/mol. The van der Waals surface area contributed by atoms with Crippen LogP contribution in [-0.4, -0.2) is 19.1 Å². The third kappa shape index (κ3) is 3.10. The number of thioether (sulfide) groups is 1. The smallest absolute Gasteiger partial charge is 0.190 e. The maximum atomic E-state index is 12.8. The van der Waals surface area contributed by atoms with E-state index in [-0.39, 0.29) is 5.78 Å². The summed E-state index contributed by atoms with van der Waals surface area (Å²) < 4.78 is 11.2. The number of ketones is 1. The first-order valence-electron chi connectivity index (χ1n) is 7.56. The lowest BCUT2D eigenvalue weighted by Gasteiger charge is -2.02. The first kappa shape index (κ1) is 16.4. The second-order valence-corrected chi connectivity index (χ2v) is 6.18. The molecule has 0 radical (unpaired) electrons. The number of carbonyl (C=O) groups is 1. The molecule has 0 amide bonds. The van der Waals surface area contributed by atoms with Gasteiger partial charge in [0.05, 0.1) is 12.7 Å². The molecule has 0 bridgehead atoms. The van der Waals surface area contributed by atoms with Crippen molar-refractivity contribution in [2.24, 2.45) is 0 Å². The summed E-state index contributed by atoms with van der Waals surface area (Å²) in [4.78, 5) is 12.8. The van der Waals surface area contributed by atoms with Crippen LogP contribution >= 0.6 is 11.8 Å². The van der Waals surface area contributed by atoms with Crippen LogP contribution < -0.4 is 4.74 Å². The molecule has 0 unspecified atom stereocenters. The number of methoxy groups -OCH3 is 1. The quantitative estimate of drug-likeness (QED) is 0.356. The van der Waals surface area contributed by atoms with Gasteiger partial charge in [0, 0.05) is 5.39 Å². The highest BCUT2D eigenvalue weighted by Crippen LogP contribution is 2.36. The molecule has 0 aliphatic heterocycles. The zero-order valence-electron chi connectivity index (χ0n) is 13.8. The van der Waals surface area contributed by atoms with Crippen molar-refractivity contribution in [1.82, 2.24) is 0 Å². The van der Waals surface area contributed by atoms with Crippen molar-refractivity contribution in [3.8, 4) is 5.75 Å². The largest absolute Gasteiger partial charge is 0.497 e. The normalized spacial score (nSPS) is 11.3. The summed E-state index contributed by atoms with van der Waals surface area (Å²) >= 11 is 1.43. The molecule has 0 N–H and O–H groups in total. The summed E-state index contributed by atoms with van der Waals surface area (Å²) in [5.41, 5.74) is 3.26. The molecule has 0 atom stereocenters. The number of hydrogen-bond acceptors (Lipinski definition) is 4. The highest BCUT2D eigenvalue weighted by molar-refractivity contribution is 7.98. The predicted octanol–water partition coefficient (Wildman–Crippen LogP) is 5.37. The number of hydrogen-bond donors (Lipinski definition) is 0. The average Bonchev–Trinajstić information content (AvgIpc) is 2.99. The van der Waals surface area contributed by atoms with E-state index >= 15 is 0 Å². The zero-order valence-corrected chi connectivity index (χ0v) is 14.6. The van der Waals surface area contributed by atoms with E-state index in [1.165, 1.54) is 11.8 Å². The van der Waals surface area contributed by atoms with E-state index in [0.29, 0.717) is 10.7 Å². The number of fused-ring (bicyclic) bond motifs is 1. The summed E-state index contributed by atoms with van der Waals surface area (Å²) in [6, 6.07) is 13.5. The lowest BCUT2D eigenvalue weighted by atomic mass is 10.1. The number of aryl methyl sites for hydroxylation is 1. The van der Waals surface area contributed by atoms with Gasteiger partial charge in [-0.2, -0.15) is 0 Å². The van der Waals surface area contributed by atoms with E-state index in [4.69, 9.17) is 9.15 Å². The highest BCUT2D eigenvalue weighted by atomic mass is 32.2. The Morgan fingerprint density at radius 2 is 1.96 bits per heavy atom. The Morgan fingerprint density at radius 1 is 1.21 bits per heavy atom. The highest BCUT2D eigenvalue weighted by Gasteiger charge is 2.20. The molecule has 122 valence electrons. The Labute approximate surface area is 145 Å². The van der Waals surface area contributed by atoms with Crippen LogP contribution in [0.5, 0.6) is 5.75 Å². The number of allylic oxidation sites excluding steroid dienone is 1. The van der Waals surface area contributed by atoms with Gasteiger partial charge in [-0.3, -0.25) is 4.79 Å². The van der Waals surface area contributed by atoms with E-state index in [9.17, 15) is 4.79 Å². The maximum absolute atomic E-state index is 12.8. The van der Waals surface area contributed by atoms with Gasteiger partial charge in [-0.05, 0) is 42.5 Å². The maximum Gasteiger partial charge on any atom is 0.190 e. The number of benzene rings is 2. The van der Waals surface area contributed by atoms with Crippen molar-refractivity contribution >= 4 is 34.6 Å². The fourth-order valence-corrected chi connectivity index (χ4v) is 3.21. The van der Waals surface area contributed by atoms with Crippen LogP contribution in [0.15, 0.2) is 58.1 Å². The van der Waals surface area contributed by atoms with Crippen molar-refractivity contribution in [3.05, 3.63) is 65.2 Å². The lowest BCUT2D eigenvalue weighted by molar-refractivity contribution is 0.104. The molecular formula is C20H18O3S. The summed E-state index contributed by atoms with van der Waals surface area (Å²) in [6.07, 6.45) is 5.31. The number of carbonyl (C=O) groups excluding carboxylic acids is 1. The van der Waals surface area contributed by atoms with Gasteiger partial charge in [-0.1, -0.05) is 48.2 Å². The first-order valence-corrected chi connectivity index (χ1v) is 8.79. The van der Waals surface area contributed by atoms with Crippen molar-refractivity contribution < 1.29 is 13.9 Å². The van der Waals surface area contributed by atoms with E-state index in [1.54, 1.807) is 13.2 Å². The predicted molar refractivity (Wildman–Crippen MR) is 99.1 cm³/mol. The Kier molecular flexibility index (Phi) is 4.76. The molecule has 3 aromatic rings. The van der Waals surface area contributed by atoms with E-state index in [1.807, 2.05) is 61.7 Å². The minimum Gasteiger partial charge on any atom is -0.497 e. The third-order valence-electron chi connectivity index (χ3n) is 3.81. The van der Waals surface area contributed by atoms with Gasteiger partial charge in [-0.15, -0.1) is 0 Å². The summed E-state index contributed by atoms with van der Waals surface area (Å²) in [5.74, 6) is 0.643. The van der Waals surface area contributed by atoms with Crippen molar-refractivity contribution in [2.75, 3.05) is 13.4 Å². The topological polar surface area (TPSA) is 39.4 Å². The Bertz CT molecular complexity index is 908. The van der Waals surface area contributed by atoms with Crippen LogP contribution in [0.4, 0.5) is 0 Å². The monoisotopic (exact) mass is 338 g/mol. The van der Waals surface area contributed by atoms with Gasteiger partial charge in [-0.25, -0.2) is 0 Å². The van der Waals surface area contributed by atoms with E-state index < -0.39 is 0 Å². The lowest BCUT2D eigenvalue weighted by Crippen LogP contribution is -1.95.